The van der Waals surface area contributed by atoms with Crippen molar-refractivity contribution in [1.29, 1.82) is 0 Å². The van der Waals surface area contributed by atoms with E-state index >= 15 is 0 Å². The number of carbonyl (C=O) groups excluding carboxylic acids is 10. The number of hydrogen-bond acceptors (Lipinski definition) is 23. The van der Waals surface area contributed by atoms with Crippen LogP contribution in [0.3, 0.4) is 0 Å². The number of nitrogens with zero attached hydrogens (tertiary/aromatic N) is 6. The Hall–Kier alpha value is -11.2. The van der Waals surface area contributed by atoms with Crippen LogP contribution in [0.25, 0.3) is 33.4 Å². The number of rotatable bonds is 11. The average Bonchev–Trinajstić information content (AvgIpc) is 2.00. The molecule has 6 aromatic heterocycles. The van der Waals surface area contributed by atoms with E-state index in [0.717, 1.165) is 46.5 Å². The zero-order valence-electron chi connectivity index (χ0n) is 45.6. The smallest absolute Gasteiger partial charge is 0.351 e. The molecule has 0 fully saturated rings. The van der Waals surface area contributed by atoms with Gasteiger partial charge in [-0.25, -0.2) is 34.7 Å². The van der Waals surface area contributed by atoms with Crippen molar-refractivity contribution >= 4 is 110 Å². The minimum Gasteiger partial charge on any atom is -0.477 e. The monoisotopic (exact) mass is 1240 g/mol. The van der Waals surface area contributed by atoms with Crippen LogP contribution in [0.2, 0.25) is 0 Å². The minimum absolute atomic E-state index is 0.0174. The molecule has 31 nitrogen and oxygen atoms in total. The summed E-state index contributed by atoms with van der Waals surface area (Å²) < 4.78 is 11.4. The number of aliphatic hydroxyl groups excluding tert-OH is 1. The van der Waals surface area contributed by atoms with E-state index in [1.807, 2.05) is 10.6 Å². The molecule has 448 valence electrons. The molecule has 0 saturated carbocycles. The number of allylic oxidation sites excluding steroid dienone is 1. The van der Waals surface area contributed by atoms with E-state index in [9.17, 15) is 57.8 Å². The molecule has 7 heterocycles. The van der Waals surface area contributed by atoms with Crippen molar-refractivity contribution in [1.82, 2.24) is 83.1 Å². The molecule has 34 heteroatoms. The van der Waals surface area contributed by atoms with Crippen molar-refractivity contribution in [2.45, 2.75) is 51.9 Å². The van der Waals surface area contributed by atoms with E-state index in [1.54, 1.807) is 13.8 Å². The first kappa shape index (κ1) is 63.4. The second-order valence-electron chi connectivity index (χ2n) is 17.9. The van der Waals surface area contributed by atoms with E-state index in [4.69, 9.17) is 13.9 Å². The van der Waals surface area contributed by atoms with Crippen molar-refractivity contribution in [3.63, 3.8) is 0 Å². The molecule has 87 heavy (non-hydrogen) atoms. The van der Waals surface area contributed by atoms with Gasteiger partial charge >= 0.3 is 5.97 Å². The van der Waals surface area contributed by atoms with Gasteiger partial charge in [0.15, 0.2) is 0 Å². The summed E-state index contributed by atoms with van der Waals surface area (Å²) in [6.07, 6.45) is 5.01. The highest BCUT2D eigenvalue weighted by Crippen LogP contribution is 2.34. The van der Waals surface area contributed by atoms with E-state index in [1.165, 1.54) is 42.9 Å². The van der Waals surface area contributed by atoms with Gasteiger partial charge < -0.3 is 72.2 Å². The van der Waals surface area contributed by atoms with Crippen molar-refractivity contribution in [2.75, 3.05) is 0 Å². The SMILES string of the molecule is C=C(NC(=O)C(=C)NC(=O)C(=C)NC(=O)C(=C)NC(=O)c1ccc2c(n1)-c1coc(n1)C(=C)NC(=O)C(=C)NC(=O)c1cnc(s1)C(C)NC(=O)c1cnc(s1)CNC(=O)c1cnc(o1)/C(=C\CC)NC(=O)C(C(C)O)NC(=O)c1csc-2n1)C(=O)O. The minimum atomic E-state index is -1.63. The van der Waals surface area contributed by atoms with Crippen LogP contribution in [-0.2, 0) is 35.3 Å². The Balaban J connectivity index is 1.16. The molecule has 10 bridgehead atoms. The molecule has 0 radical (unpaired) electrons. The highest BCUT2D eigenvalue weighted by molar-refractivity contribution is 7.14. The van der Waals surface area contributed by atoms with Crippen LogP contribution in [0, 0.1) is 0 Å². The quantitative estimate of drug-likeness (QED) is 0.0823. The van der Waals surface area contributed by atoms with Gasteiger partial charge in [-0.1, -0.05) is 52.5 Å². The summed E-state index contributed by atoms with van der Waals surface area (Å²) in [5, 5.41) is 45.1. The Morgan fingerprint density at radius 3 is 2.05 bits per heavy atom. The lowest BCUT2D eigenvalue weighted by Gasteiger charge is -2.20. The molecule has 6 aromatic rings. The summed E-state index contributed by atoms with van der Waals surface area (Å²) in [5.74, 6) is -11.8. The third kappa shape index (κ3) is 15.7. The Labute approximate surface area is 502 Å². The number of hydrogen-bond donors (Lipinski definition) is 12. The van der Waals surface area contributed by atoms with Crippen LogP contribution in [0.4, 0.5) is 0 Å². The summed E-state index contributed by atoms with van der Waals surface area (Å²) >= 11 is 2.78. The Morgan fingerprint density at radius 2 is 1.38 bits per heavy atom. The van der Waals surface area contributed by atoms with Crippen LogP contribution < -0.4 is 53.2 Å². The second-order valence-corrected chi connectivity index (χ2v) is 20.9. The lowest BCUT2D eigenvalue weighted by atomic mass is 10.1. The zero-order valence-corrected chi connectivity index (χ0v) is 48.1. The van der Waals surface area contributed by atoms with Crippen molar-refractivity contribution in [3.05, 3.63) is 165 Å². The maximum Gasteiger partial charge on any atom is 0.351 e. The number of carboxylic acid groups (broad SMARTS) is 1. The third-order valence-corrected chi connectivity index (χ3v) is 14.4. The number of aliphatic carboxylic acids is 1. The normalized spacial score (nSPS) is 16.1. The maximum absolute atomic E-state index is 13.9. The van der Waals surface area contributed by atoms with E-state index in [2.05, 4.69) is 112 Å². The van der Waals surface area contributed by atoms with Crippen LogP contribution in [-0.4, -0.2) is 117 Å². The Kier molecular flexibility index (Phi) is 20.0. The number of pyridine rings is 1. The van der Waals surface area contributed by atoms with Gasteiger partial charge in [-0.3, -0.25) is 47.9 Å². The molecule has 0 aromatic carbocycles. The number of oxazole rings is 2. The number of carboxylic acids is 1. The summed E-state index contributed by atoms with van der Waals surface area (Å²) in [7, 11) is 0. The first-order valence-electron chi connectivity index (χ1n) is 24.8. The third-order valence-electron chi connectivity index (χ3n) is 11.4. The summed E-state index contributed by atoms with van der Waals surface area (Å²) in [4.78, 5) is 170. The molecule has 7 rings (SSSR count). The van der Waals surface area contributed by atoms with Gasteiger partial charge in [0, 0.05) is 10.9 Å². The molecule has 0 aliphatic carbocycles. The first-order valence-corrected chi connectivity index (χ1v) is 27.4. The first-order chi connectivity index (χ1) is 41.2. The lowest BCUT2D eigenvalue weighted by Crippen LogP contribution is -2.52. The molecule has 12 N–H and O–H groups in total. The number of thiazole rings is 3. The molecule has 3 unspecified atom stereocenters. The Bertz CT molecular complexity index is 3970. The number of aliphatic hydroxyl groups is 1. The van der Waals surface area contributed by atoms with Crippen molar-refractivity contribution in [3.8, 4) is 22.0 Å². The number of aromatic nitrogens is 6. The molecule has 1 aliphatic heterocycles. The number of nitrogens with one attached hydrogen (secondary N) is 10. The Morgan fingerprint density at radius 1 is 0.736 bits per heavy atom. The highest BCUT2D eigenvalue weighted by atomic mass is 32.1. The fourth-order valence-corrected chi connectivity index (χ4v) is 9.35. The van der Waals surface area contributed by atoms with Crippen LogP contribution >= 0.6 is 34.0 Å². The maximum atomic E-state index is 13.9. The summed E-state index contributed by atoms with van der Waals surface area (Å²) in [6.45, 7) is 25.3. The highest BCUT2D eigenvalue weighted by Gasteiger charge is 2.31. The molecule has 1 aliphatic rings. The van der Waals surface area contributed by atoms with Gasteiger partial charge in [0.25, 0.3) is 53.2 Å². The standard InChI is InChI=1S/C53H48N16O15S3/c1-10-11-30-50-56-14-33(84-50)45(77)55-17-36-54-15-34(86-36)46(78)63-25(7)51-57-16-35(87-51)47(79)61-23(5)41(73)62-24(6)49-67-31(18-83-49)38-28(52-68-32(19-85-52)44(76)69-37(27(9)70)48(80)66-30)12-13-29(65-38)43(75)60-22(4)40(72)58-20(2)39(71)59-21(3)42(74)64-26(8)53(81)82/h11-16,18-19,25,27,37,70H,2-6,8,10,17H2,1,7,9H3,(H,55,77)(H,58,72)(H,59,71)(H,60,75)(H,61,79)(H,62,73)(H,63,78)(H,64,74)(H,66,80)(H,69,76)(H,81,82)/b30-11+. The predicted molar refractivity (Wildman–Crippen MR) is 308 cm³/mol. The van der Waals surface area contributed by atoms with Crippen LogP contribution in [0.1, 0.15) is 106 Å². The van der Waals surface area contributed by atoms with Gasteiger partial charge in [0.1, 0.15) is 71.3 Å². The van der Waals surface area contributed by atoms with Gasteiger partial charge in [-0.2, -0.15) is 0 Å². The van der Waals surface area contributed by atoms with Gasteiger partial charge in [0.2, 0.25) is 23.4 Å². The lowest BCUT2D eigenvalue weighted by molar-refractivity contribution is -0.134. The number of amides is 10. The summed E-state index contributed by atoms with van der Waals surface area (Å²) in [6, 6.07) is 0.162. The second kappa shape index (κ2) is 27.4. The van der Waals surface area contributed by atoms with Crippen LogP contribution in [0.15, 0.2) is 125 Å². The van der Waals surface area contributed by atoms with E-state index in [0.29, 0.717) is 16.4 Å². The molecule has 10 amide bonds. The largest absolute Gasteiger partial charge is 0.477 e. The van der Waals surface area contributed by atoms with Crippen molar-refractivity contribution in [2.24, 2.45) is 0 Å². The fourth-order valence-electron chi connectivity index (χ4n) is 6.95. The van der Waals surface area contributed by atoms with E-state index in [-0.39, 0.29) is 72.9 Å². The molecule has 0 spiro atoms. The van der Waals surface area contributed by atoms with Gasteiger partial charge in [-0.05, 0) is 32.4 Å². The molecule has 0 saturated heterocycles. The molecule has 3 atom stereocenters. The van der Waals surface area contributed by atoms with Crippen LogP contribution in [0.5, 0.6) is 0 Å². The molecular formula is C53H48N16O15S3. The molecular weight excluding hydrogens is 1200 g/mol. The van der Waals surface area contributed by atoms with Crippen molar-refractivity contribution < 1.29 is 71.8 Å². The topological polar surface area (TPSA) is 452 Å². The van der Waals surface area contributed by atoms with Gasteiger partial charge in [0.05, 0.1) is 65.8 Å². The van der Waals surface area contributed by atoms with Gasteiger partial charge in [-0.15, -0.1) is 34.0 Å². The zero-order chi connectivity index (χ0) is 63.6. The summed E-state index contributed by atoms with van der Waals surface area (Å²) in [5.41, 5.74) is -4.35. The predicted octanol–water partition coefficient (Wildman–Crippen LogP) is 1.79. The van der Waals surface area contributed by atoms with E-state index < -0.39 is 117 Å². The number of carbonyl (C=O) groups is 11. The number of fused-ring (bicyclic) bond motifs is 13. The average molecular weight is 1250 g/mol. The fraction of sp³-hybridized carbons (Fsp3) is 0.151.